The summed E-state index contributed by atoms with van der Waals surface area (Å²) < 4.78 is 10.5. The second kappa shape index (κ2) is 8.61. The minimum Gasteiger partial charge on any atom is -0.497 e. The highest BCUT2D eigenvalue weighted by Crippen LogP contribution is 2.30. The summed E-state index contributed by atoms with van der Waals surface area (Å²) in [7, 11) is 3.16. The molecule has 1 amide bonds. The van der Waals surface area contributed by atoms with Crippen molar-refractivity contribution in [2.24, 2.45) is 0 Å². The minimum absolute atomic E-state index is 0.228. The summed E-state index contributed by atoms with van der Waals surface area (Å²) in [4.78, 5) is 24.6. The molecule has 0 unspecified atom stereocenters. The van der Waals surface area contributed by atoms with Gasteiger partial charge in [-0.25, -0.2) is 9.97 Å². The number of benzene rings is 1. The first-order valence-corrected chi connectivity index (χ1v) is 8.18. The summed E-state index contributed by atoms with van der Waals surface area (Å²) in [6.45, 7) is 0.372. The minimum atomic E-state index is -0.306. The number of carbonyl (C=O) groups excluding carboxylic acids is 1. The molecule has 0 radical (unpaired) electrons. The van der Waals surface area contributed by atoms with Crippen molar-refractivity contribution in [3.63, 3.8) is 0 Å². The highest BCUT2D eigenvalue weighted by atomic mass is 16.5. The normalized spacial score (nSPS) is 10.1. The van der Waals surface area contributed by atoms with E-state index in [2.05, 4.69) is 25.6 Å². The van der Waals surface area contributed by atoms with Gasteiger partial charge < -0.3 is 20.1 Å². The predicted molar refractivity (Wildman–Crippen MR) is 100 cm³/mol. The number of nitrogens with zero attached hydrogens (tertiary/aromatic N) is 3. The molecule has 0 aliphatic heterocycles. The molecule has 0 bridgehead atoms. The van der Waals surface area contributed by atoms with E-state index in [9.17, 15) is 4.79 Å². The molecular weight excluding hydrogens is 346 g/mol. The van der Waals surface area contributed by atoms with Crippen LogP contribution in [0.4, 0.5) is 11.5 Å². The molecule has 3 aromatic rings. The average molecular weight is 365 g/mol. The van der Waals surface area contributed by atoms with Crippen molar-refractivity contribution in [1.82, 2.24) is 20.3 Å². The summed E-state index contributed by atoms with van der Waals surface area (Å²) in [5.41, 5.74) is 1.84. The van der Waals surface area contributed by atoms with Crippen LogP contribution in [0.25, 0.3) is 0 Å². The highest BCUT2D eigenvalue weighted by Gasteiger charge is 2.10. The molecule has 1 aromatic carbocycles. The molecule has 8 heteroatoms. The third-order valence-electron chi connectivity index (χ3n) is 3.73. The van der Waals surface area contributed by atoms with Gasteiger partial charge in [-0.2, -0.15) is 0 Å². The van der Waals surface area contributed by atoms with Crippen LogP contribution < -0.4 is 20.1 Å². The third-order valence-corrected chi connectivity index (χ3v) is 3.73. The smallest absolute Gasteiger partial charge is 0.271 e. The van der Waals surface area contributed by atoms with Crippen molar-refractivity contribution in [3.8, 4) is 11.5 Å². The predicted octanol–water partition coefficient (Wildman–Crippen LogP) is 2.56. The molecule has 8 nitrogen and oxygen atoms in total. The number of rotatable bonds is 7. The first-order chi connectivity index (χ1) is 13.2. The summed E-state index contributed by atoms with van der Waals surface area (Å²) >= 11 is 0. The maximum Gasteiger partial charge on any atom is 0.271 e. The number of anilines is 2. The van der Waals surface area contributed by atoms with Gasteiger partial charge in [-0.3, -0.25) is 9.78 Å². The van der Waals surface area contributed by atoms with E-state index in [1.807, 2.05) is 18.2 Å². The van der Waals surface area contributed by atoms with Crippen LogP contribution in [0.15, 0.2) is 55.1 Å². The van der Waals surface area contributed by atoms with Gasteiger partial charge in [-0.05, 0) is 23.8 Å². The van der Waals surface area contributed by atoms with Crippen LogP contribution in [0.5, 0.6) is 11.5 Å². The molecule has 2 heterocycles. The van der Waals surface area contributed by atoms with Gasteiger partial charge in [0.05, 0.1) is 32.3 Å². The van der Waals surface area contributed by atoms with E-state index in [0.29, 0.717) is 29.5 Å². The molecule has 138 valence electrons. The number of aromatic nitrogens is 3. The van der Waals surface area contributed by atoms with Crippen molar-refractivity contribution in [2.75, 3.05) is 19.5 Å². The van der Waals surface area contributed by atoms with Crippen molar-refractivity contribution < 1.29 is 14.3 Å². The van der Waals surface area contributed by atoms with Crippen LogP contribution in [0.1, 0.15) is 16.1 Å². The number of amides is 1. The fourth-order valence-electron chi connectivity index (χ4n) is 2.33. The first kappa shape index (κ1) is 18.1. The van der Waals surface area contributed by atoms with E-state index in [4.69, 9.17) is 9.47 Å². The van der Waals surface area contributed by atoms with E-state index >= 15 is 0 Å². The lowest BCUT2D eigenvalue weighted by atomic mass is 10.2. The Morgan fingerprint density at radius 3 is 2.63 bits per heavy atom. The maximum absolute atomic E-state index is 12.2. The Kier molecular flexibility index (Phi) is 5.78. The monoisotopic (exact) mass is 365 g/mol. The Morgan fingerprint density at radius 2 is 1.96 bits per heavy atom. The molecule has 2 N–H and O–H groups in total. The van der Waals surface area contributed by atoms with Gasteiger partial charge in [0.15, 0.2) is 0 Å². The number of pyridine rings is 1. The zero-order chi connectivity index (χ0) is 19.1. The number of nitrogens with one attached hydrogen (secondary N) is 2. The SMILES string of the molecule is COc1ccc(Nc2cnc(C(=O)NCc3cccnc3)cn2)c(OC)c1. The lowest BCUT2D eigenvalue weighted by Gasteiger charge is -2.12. The van der Waals surface area contributed by atoms with Crippen LogP contribution >= 0.6 is 0 Å². The van der Waals surface area contributed by atoms with E-state index in [-0.39, 0.29) is 11.6 Å². The Hall–Kier alpha value is -3.68. The van der Waals surface area contributed by atoms with E-state index in [1.54, 1.807) is 38.7 Å². The zero-order valence-corrected chi connectivity index (χ0v) is 15.0. The summed E-state index contributed by atoms with van der Waals surface area (Å²) in [6.07, 6.45) is 6.28. The fraction of sp³-hybridized carbons (Fsp3) is 0.158. The molecule has 0 saturated heterocycles. The first-order valence-electron chi connectivity index (χ1n) is 8.18. The molecule has 0 aliphatic rings. The number of methoxy groups -OCH3 is 2. The number of carbonyl (C=O) groups is 1. The summed E-state index contributed by atoms with van der Waals surface area (Å²) in [5, 5.41) is 5.88. The summed E-state index contributed by atoms with van der Waals surface area (Å²) in [6, 6.07) is 9.08. The molecule has 27 heavy (non-hydrogen) atoms. The van der Waals surface area contributed by atoms with E-state index < -0.39 is 0 Å². The largest absolute Gasteiger partial charge is 0.497 e. The quantitative estimate of drug-likeness (QED) is 0.664. The standard InChI is InChI=1S/C19H19N5O3/c1-26-14-5-6-15(17(8-14)27-2)24-18-12-21-16(11-22-18)19(25)23-10-13-4-3-7-20-9-13/h3-9,11-12H,10H2,1-2H3,(H,22,24)(H,23,25). The second-order valence-electron chi connectivity index (χ2n) is 5.52. The molecule has 0 spiro atoms. The number of hydrogen-bond donors (Lipinski definition) is 2. The Morgan fingerprint density at radius 1 is 1.07 bits per heavy atom. The molecule has 0 saturated carbocycles. The van der Waals surface area contributed by atoms with Gasteiger partial charge in [0.2, 0.25) is 0 Å². The molecule has 0 atom stereocenters. The van der Waals surface area contributed by atoms with Gasteiger partial charge in [-0.1, -0.05) is 6.07 Å². The van der Waals surface area contributed by atoms with Crippen molar-refractivity contribution in [3.05, 3.63) is 66.4 Å². The maximum atomic E-state index is 12.2. The zero-order valence-electron chi connectivity index (χ0n) is 15.0. The second-order valence-corrected chi connectivity index (χ2v) is 5.52. The lowest BCUT2D eigenvalue weighted by molar-refractivity contribution is 0.0945. The van der Waals surface area contributed by atoms with E-state index in [0.717, 1.165) is 5.56 Å². The van der Waals surface area contributed by atoms with Crippen LogP contribution in [0.3, 0.4) is 0 Å². The summed E-state index contributed by atoms with van der Waals surface area (Å²) in [5.74, 6) is 1.47. The van der Waals surface area contributed by atoms with Crippen molar-refractivity contribution in [2.45, 2.75) is 6.54 Å². The van der Waals surface area contributed by atoms with Crippen LogP contribution in [-0.2, 0) is 6.54 Å². The lowest BCUT2D eigenvalue weighted by Crippen LogP contribution is -2.24. The molecule has 2 aromatic heterocycles. The van der Waals surface area contributed by atoms with Crippen LogP contribution in [0, 0.1) is 0 Å². The van der Waals surface area contributed by atoms with Gasteiger partial charge in [0.1, 0.15) is 23.0 Å². The Bertz CT molecular complexity index is 901. The number of ether oxygens (including phenoxy) is 2. The van der Waals surface area contributed by atoms with Crippen LogP contribution in [-0.4, -0.2) is 35.1 Å². The fourth-order valence-corrected chi connectivity index (χ4v) is 2.33. The van der Waals surface area contributed by atoms with Gasteiger partial charge in [0.25, 0.3) is 5.91 Å². The van der Waals surface area contributed by atoms with Crippen molar-refractivity contribution >= 4 is 17.4 Å². The highest BCUT2D eigenvalue weighted by molar-refractivity contribution is 5.92. The van der Waals surface area contributed by atoms with Gasteiger partial charge in [-0.15, -0.1) is 0 Å². The number of hydrogen-bond acceptors (Lipinski definition) is 7. The third kappa shape index (κ3) is 4.69. The molecule has 0 aliphatic carbocycles. The van der Waals surface area contributed by atoms with Gasteiger partial charge >= 0.3 is 0 Å². The average Bonchev–Trinajstić information content (AvgIpc) is 2.73. The molecule has 0 fully saturated rings. The topological polar surface area (TPSA) is 98.3 Å². The Balaban J connectivity index is 1.64. The van der Waals surface area contributed by atoms with E-state index in [1.165, 1.54) is 12.4 Å². The van der Waals surface area contributed by atoms with Gasteiger partial charge in [0, 0.05) is 25.0 Å². The molecule has 3 rings (SSSR count). The van der Waals surface area contributed by atoms with Crippen LogP contribution in [0.2, 0.25) is 0 Å². The Labute approximate surface area is 156 Å². The van der Waals surface area contributed by atoms with Crippen molar-refractivity contribution in [1.29, 1.82) is 0 Å². The molecular formula is C19H19N5O3.